The van der Waals surface area contributed by atoms with Crippen LogP contribution >= 0.6 is 0 Å². The molecule has 1 amide bonds. The lowest BCUT2D eigenvalue weighted by Crippen LogP contribution is -2.26. The van der Waals surface area contributed by atoms with Crippen molar-refractivity contribution in [1.82, 2.24) is 20.1 Å². The number of carbonyl (C=O) groups excluding carboxylic acids is 1. The first-order valence-electron chi connectivity index (χ1n) is 10.5. The van der Waals surface area contributed by atoms with Gasteiger partial charge in [-0.15, -0.1) is 10.2 Å². The number of benzene rings is 2. The quantitative estimate of drug-likeness (QED) is 0.475. The minimum absolute atomic E-state index is 0.0618. The van der Waals surface area contributed by atoms with E-state index in [1.165, 1.54) is 11.1 Å². The van der Waals surface area contributed by atoms with Crippen LogP contribution in [0.5, 0.6) is 5.75 Å². The molecule has 0 bridgehead atoms. The van der Waals surface area contributed by atoms with Crippen molar-refractivity contribution in [3.63, 3.8) is 0 Å². The predicted molar refractivity (Wildman–Crippen MR) is 125 cm³/mol. The molecule has 33 heavy (non-hydrogen) atoms. The fourth-order valence-corrected chi connectivity index (χ4v) is 3.80. The normalized spacial score (nSPS) is 13.3. The number of nitrogens with two attached hydrogens (primary N) is 1. The number of carbonyl (C=O) groups is 1. The van der Waals surface area contributed by atoms with Gasteiger partial charge in [-0.2, -0.15) is 4.98 Å². The molecule has 0 unspecified atom stereocenters. The number of aromatic nitrogens is 3. The molecule has 2 heterocycles. The number of amides is 1. The molecule has 0 saturated carbocycles. The summed E-state index contributed by atoms with van der Waals surface area (Å²) in [5.41, 5.74) is 10.3. The van der Waals surface area contributed by atoms with Gasteiger partial charge in [0.2, 0.25) is 5.95 Å². The number of rotatable bonds is 8. The average molecular weight is 450 g/mol. The van der Waals surface area contributed by atoms with Gasteiger partial charge in [-0.1, -0.05) is 18.2 Å². The molecule has 2 aromatic carbocycles. The molecule has 0 aliphatic carbocycles. The van der Waals surface area contributed by atoms with Crippen LogP contribution in [0.3, 0.4) is 0 Å². The molecular formula is C23H27N7O3. The second-order valence-electron chi connectivity index (χ2n) is 7.85. The van der Waals surface area contributed by atoms with E-state index in [4.69, 9.17) is 15.2 Å². The van der Waals surface area contributed by atoms with Gasteiger partial charge in [0.05, 0.1) is 19.4 Å². The number of para-hydroxylation sites is 1. The number of likely N-dealkylation sites (N-methyl/N-ethyl adjacent to an activating group) is 1. The van der Waals surface area contributed by atoms with Crippen molar-refractivity contribution in [2.45, 2.75) is 19.6 Å². The number of nitrogens with zero attached hydrogens (tertiary/aromatic N) is 4. The van der Waals surface area contributed by atoms with E-state index in [9.17, 15) is 4.79 Å². The van der Waals surface area contributed by atoms with Crippen LogP contribution < -0.4 is 21.1 Å². The fraction of sp³-hybridized carbons (Fsp3) is 0.304. The molecule has 4 rings (SSSR count). The van der Waals surface area contributed by atoms with Crippen LogP contribution in [0, 0.1) is 0 Å². The Balaban J connectivity index is 1.67. The Bertz CT molecular complexity index is 1170. The van der Waals surface area contributed by atoms with Crippen LogP contribution in [0.1, 0.15) is 27.2 Å². The molecule has 4 N–H and O–H groups in total. The van der Waals surface area contributed by atoms with Crippen molar-refractivity contribution in [3.05, 3.63) is 58.8 Å². The molecule has 1 aromatic heterocycles. The van der Waals surface area contributed by atoms with Crippen molar-refractivity contribution in [1.29, 1.82) is 0 Å². The number of primary amides is 1. The molecule has 172 valence electrons. The molecule has 10 heteroatoms. The van der Waals surface area contributed by atoms with E-state index in [0.29, 0.717) is 12.4 Å². The van der Waals surface area contributed by atoms with Crippen LogP contribution in [-0.4, -0.2) is 53.8 Å². The Morgan fingerprint density at radius 3 is 2.70 bits per heavy atom. The molecule has 10 nitrogen and oxygen atoms in total. The van der Waals surface area contributed by atoms with Crippen molar-refractivity contribution in [2.24, 2.45) is 5.73 Å². The summed E-state index contributed by atoms with van der Waals surface area (Å²) in [4.78, 5) is 18.7. The molecule has 0 atom stereocenters. The number of hydrogen-bond acceptors (Lipinski definition) is 9. The molecule has 0 radical (unpaired) electrons. The topological polar surface area (TPSA) is 128 Å². The zero-order valence-corrected chi connectivity index (χ0v) is 18.9. The standard InChI is InChI=1S/C23H27N7O3/c1-30-9-8-14-10-18(19(33-3)11-16(14)12-30)26-23-27-22(20(21(24)31)28-29-23)25-17-7-5-4-6-15(17)13-32-2/h4-7,10-11H,8-9,12-13H2,1-3H3,(H2,24,31)(H2,25,26,27,29). The van der Waals surface area contributed by atoms with Crippen LogP contribution in [0.4, 0.5) is 23.1 Å². The van der Waals surface area contributed by atoms with Gasteiger partial charge in [0.25, 0.3) is 5.91 Å². The van der Waals surface area contributed by atoms with E-state index in [-0.39, 0.29) is 17.5 Å². The van der Waals surface area contributed by atoms with E-state index >= 15 is 0 Å². The predicted octanol–water partition coefficient (Wildman–Crippen LogP) is 2.60. The first kappa shape index (κ1) is 22.4. The van der Waals surface area contributed by atoms with Gasteiger partial charge in [-0.3, -0.25) is 4.79 Å². The smallest absolute Gasteiger partial charge is 0.273 e. The van der Waals surface area contributed by atoms with Gasteiger partial charge < -0.3 is 30.7 Å². The molecule has 3 aromatic rings. The number of fused-ring (bicyclic) bond motifs is 1. The van der Waals surface area contributed by atoms with Crippen molar-refractivity contribution in [3.8, 4) is 5.75 Å². The lowest BCUT2D eigenvalue weighted by molar-refractivity contribution is 0.0995. The van der Waals surface area contributed by atoms with Crippen LogP contribution in [0.25, 0.3) is 0 Å². The summed E-state index contributed by atoms with van der Waals surface area (Å²) >= 11 is 0. The first-order valence-corrected chi connectivity index (χ1v) is 10.5. The van der Waals surface area contributed by atoms with Gasteiger partial charge in [-0.25, -0.2) is 0 Å². The van der Waals surface area contributed by atoms with E-state index in [2.05, 4.69) is 37.8 Å². The van der Waals surface area contributed by atoms with Crippen molar-refractivity contribution < 1.29 is 14.3 Å². The highest BCUT2D eigenvalue weighted by atomic mass is 16.5. The Hall–Kier alpha value is -3.76. The van der Waals surface area contributed by atoms with Gasteiger partial charge in [0.1, 0.15) is 5.75 Å². The lowest BCUT2D eigenvalue weighted by Gasteiger charge is -2.26. The zero-order valence-electron chi connectivity index (χ0n) is 18.9. The largest absolute Gasteiger partial charge is 0.495 e. The maximum Gasteiger partial charge on any atom is 0.273 e. The number of anilines is 4. The third kappa shape index (κ3) is 5.02. The highest BCUT2D eigenvalue weighted by Gasteiger charge is 2.19. The second-order valence-corrected chi connectivity index (χ2v) is 7.85. The second kappa shape index (κ2) is 9.80. The third-order valence-electron chi connectivity index (χ3n) is 5.46. The summed E-state index contributed by atoms with van der Waals surface area (Å²) in [5, 5.41) is 14.4. The Morgan fingerprint density at radius 2 is 1.94 bits per heavy atom. The number of nitrogens with one attached hydrogen (secondary N) is 2. The summed E-state index contributed by atoms with van der Waals surface area (Å²) in [5.74, 6) is 0.343. The number of hydrogen-bond donors (Lipinski definition) is 3. The van der Waals surface area contributed by atoms with Crippen LogP contribution in [-0.2, 0) is 24.3 Å². The molecule has 0 spiro atoms. The fourth-order valence-electron chi connectivity index (χ4n) is 3.80. The first-order chi connectivity index (χ1) is 16.0. The third-order valence-corrected chi connectivity index (χ3v) is 5.46. The summed E-state index contributed by atoms with van der Waals surface area (Å²) in [6, 6.07) is 11.6. The monoisotopic (exact) mass is 449 g/mol. The Labute approximate surface area is 192 Å². The van der Waals surface area contributed by atoms with E-state index in [1.54, 1.807) is 14.2 Å². The van der Waals surface area contributed by atoms with Gasteiger partial charge in [0.15, 0.2) is 11.5 Å². The van der Waals surface area contributed by atoms with Crippen molar-refractivity contribution in [2.75, 3.05) is 38.4 Å². The number of ether oxygens (including phenoxy) is 2. The highest BCUT2D eigenvalue weighted by molar-refractivity contribution is 5.96. The molecule has 0 fully saturated rings. The van der Waals surface area contributed by atoms with Crippen LogP contribution in [0.2, 0.25) is 0 Å². The summed E-state index contributed by atoms with van der Waals surface area (Å²) < 4.78 is 10.8. The summed E-state index contributed by atoms with van der Waals surface area (Å²) in [6.07, 6.45) is 0.938. The van der Waals surface area contributed by atoms with Gasteiger partial charge in [0, 0.05) is 31.5 Å². The molecule has 1 aliphatic heterocycles. The maximum atomic E-state index is 12.0. The lowest BCUT2D eigenvalue weighted by atomic mass is 9.99. The molecular weight excluding hydrogens is 422 g/mol. The van der Waals surface area contributed by atoms with E-state index < -0.39 is 5.91 Å². The van der Waals surface area contributed by atoms with E-state index in [0.717, 1.165) is 36.4 Å². The number of methoxy groups -OCH3 is 2. The Kier molecular flexibility index (Phi) is 6.66. The highest BCUT2D eigenvalue weighted by Crippen LogP contribution is 2.33. The minimum Gasteiger partial charge on any atom is -0.495 e. The maximum absolute atomic E-state index is 12.0. The molecule has 1 aliphatic rings. The minimum atomic E-state index is -0.733. The molecule has 0 saturated heterocycles. The Morgan fingerprint density at radius 1 is 1.12 bits per heavy atom. The van der Waals surface area contributed by atoms with Gasteiger partial charge in [-0.05, 0) is 42.8 Å². The van der Waals surface area contributed by atoms with Crippen LogP contribution in [0.15, 0.2) is 36.4 Å². The van der Waals surface area contributed by atoms with E-state index in [1.807, 2.05) is 36.4 Å². The summed E-state index contributed by atoms with van der Waals surface area (Å²) in [6.45, 7) is 2.24. The summed E-state index contributed by atoms with van der Waals surface area (Å²) in [7, 11) is 5.33. The van der Waals surface area contributed by atoms with Gasteiger partial charge >= 0.3 is 0 Å². The van der Waals surface area contributed by atoms with Crippen molar-refractivity contribution >= 4 is 29.0 Å². The average Bonchev–Trinajstić information content (AvgIpc) is 2.80. The SMILES string of the molecule is COCc1ccccc1Nc1nc(Nc2cc3c(cc2OC)CN(C)CC3)nnc1C(N)=O. The zero-order chi connectivity index (χ0) is 23.4.